The SMILES string of the molecule is CNc1cc(Nc2nc(Cl)nc(Nc3cc(SCCOSOC)ccc3S(=O)(=O)O)n2)ccc1N=Nc1ccc(S(=O)(=O)O)c2ccccc12. The molecule has 5 N–H and O–H groups in total. The van der Waals surface area contributed by atoms with Crippen LogP contribution in [0.1, 0.15) is 0 Å². The lowest BCUT2D eigenvalue weighted by molar-refractivity contribution is 0.341. The Balaban J connectivity index is 1.37. The van der Waals surface area contributed by atoms with Gasteiger partial charge in [-0.15, -0.1) is 22.0 Å². The summed E-state index contributed by atoms with van der Waals surface area (Å²) in [6.07, 6.45) is 0. The van der Waals surface area contributed by atoms with Crippen molar-refractivity contribution in [1.29, 1.82) is 0 Å². The van der Waals surface area contributed by atoms with Gasteiger partial charge in [-0.2, -0.15) is 31.8 Å². The second-order valence-corrected chi connectivity index (χ2v) is 14.8. The lowest BCUT2D eigenvalue weighted by Crippen LogP contribution is -2.08. The van der Waals surface area contributed by atoms with E-state index < -0.39 is 25.1 Å². The Morgan fingerprint density at radius 1 is 0.800 bits per heavy atom. The number of nitrogens with one attached hydrogen (secondary N) is 3. The molecular weight excluding hydrogens is 752 g/mol. The Morgan fingerprint density at radius 3 is 2.16 bits per heavy atom. The highest BCUT2D eigenvalue weighted by Crippen LogP contribution is 2.35. The summed E-state index contributed by atoms with van der Waals surface area (Å²) in [6, 6.07) is 18.7. The summed E-state index contributed by atoms with van der Waals surface area (Å²) in [5.41, 5.74) is 1.89. The third-order valence-corrected chi connectivity index (χ3v) is 9.91. The van der Waals surface area contributed by atoms with Gasteiger partial charge >= 0.3 is 0 Å². The largest absolute Gasteiger partial charge is 0.386 e. The molecule has 0 spiro atoms. The molecule has 262 valence electrons. The molecule has 0 aliphatic rings. The van der Waals surface area contributed by atoms with E-state index in [4.69, 9.17) is 20.0 Å². The summed E-state index contributed by atoms with van der Waals surface area (Å²) in [7, 11) is -5.91. The maximum atomic E-state index is 12.1. The molecule has 0 radical (unpaired) electrons. The average Bonchev–Trinajstić information content (AvgIpc) is 3.06. The fraction of sp³-hybridized carbons (Fsp3) is 0.138. The molecule has 50 heavy (non-hydrogen) atoms. The number of halogens is 1. The molecule has 21 heteroatoms. The first kappa shape index (κ1) is 37.1. The summed E-state index contributed by atoms with van der Waals surface area (Å²) in [4.78, 5) is 12.5. The van der Waals surface area contributed by atoms with Crippen LogP contribution >= 0.6 is 35.7 Å². The smallest absolute Gasteiger partial charge is 0.296 e. The third-order valence-electron chi connectivity index (χ3n) is 6.56. The van der Waals surface area contributed by atoms with Crippen molar-refractivity contribution in [1.82, 2.24) is 15.0 Å². The number of rotatable bonds is 15. The van der Waals surface area contributed by atoms with Gasteiger partial charge in [0.1, 0.15) is 15.5 Å². The lowest BCUT2D eigenvalue weighted by atomic mass is 10.1. The Labute approximate surface area is 300 Å². The Morgan fingerprint density at radius 2 is 1.46 bits per heavy atom. The normalized spacial score (nSPS) is 12.0. The van der Waals surface area contributed by atoms with E-state index in [1.807, 2.05) is 0 Å². The van der Waals surface area contributed by atoms with Crippen molar-refractivity contribution in [2.24, 2.45) is 10.2 Å². The molecule has 0 amide bonds. The molecule has 0 aliphatic carbocycles. The van der Waals surface area contributed by atoms with Crippen LogP contribution in [0.4, 0.5) is 40.3 Å². The van der Waals surface area contributed by atoms with E-state index in [1.54, 1.807) is 55.6 Å². The van der Waals surface area contributed by atoms with Crippen molar-refractivity contribution < 1.29 is 34.3 Å². The van der Waals surface area contributed by atoms with Crippen LogP contribution in [0.3, 0.4) is 0 Å². The zero-order valence-corrected chi connectivity index (χ0v) is 30.0. The highest BCUT2D eigenvalue weighted by molar-refractivity contribution is 7.99. The van der Waals surface area contributed by atoms with Gasteiger partial charge in [-0.1, -0.05) is 24.3 Å². The quantitative estimate of drug-likeness (QED) is 0.0229. The number of aromatic nitrogens is 3. The maximum Gasteiger partial charge on any atom is 0.296 e. The number of nitrogens with zero attached hydrogens (tertiary/aromatic N) is 5. The van der Waals surface area contributed by atoms with E-state index in [2.05, 4.69) is 41.1 Å². The molecular formula is C29H27ClN8O8S4. The van der Waals surface area contributed by atoms with Crippen LogP contribution in [0, 0.1) is 0 Å². The second kappa shape index (κ2) is 16.3. The average molecular weight is 779 g/mol. The molecule has 0 atom stereocenters. The molecule has 4 aromatic carbocycles. The Hall–Kier alpha value is -4.12. The zero-order chi connectivity index (χ0) is 35.9. The van der Waals surface area contributed by atoms with Crippen LogP contribution in [0.2, 0.25) is 5.28 Å². The van der Waals surface area contributed by atoms with E-state index in [0.717, 1.165) is 12.3 Å². The van der Waals surface area contributed by atoms with E-state index in [9.17, 15) is 25.9 Å². The first-order chi connectivity index (χ1) is 23.9. The van der Waals surface area contributed by atoms with Gasteiger partial charge in [0, 0.05) is 34.2 Å². The minimum atomic E-state index is -4.62. The number of hydrogen-bond donors (Lipinski definition) is 5. The standard InChI is InChI=1S/C29H27ClN8O8S4/c1-31-23-15-17(7-9-22(23)38-37-21-10-12-25(49(39,40)41)20-6-4-3-5-19(20)21)32-28-34-27(30)35-29(36-28)33-24-16-18(47-14-13-46-48-45-2)8-11-26(24)50(42,43)44/h3-12,15-16,31H,13-14H2,1-2H3,(H,39,40,41)(H,42,43,44)(H2,32,33,34,35,36). The van der Waals surface area contributed by atoms with Crippen LogP contribution < -0.4 is 16.0 Å². The monoisotopic (exact) mass is 778 g/mol. The van der Waals surface area contributed by atoms with E-state index in [0.29, 0.717) is 50.8 Å². The molecule has 0 saturated carbocycles. The minimum Gasteiger partial charge on any atom is -0.386 e. The third kappa shape index (κ3) is 9.56. The summed E-state index contributed by atoms with van der Waals surface area (Å²) in [6.45, 7) is 0.355. The van der Waals surface area contributed by atoms with Gasteiger partial charge in [0.05, 0.1) is 30.8 Å². The van der Waals surface area contributed by atoms with Crippen molar-refractivity contribution in [3.63, 3.8) is 0 Å². The molecule has 16 nitrogen and oxygen atoms in total. The molecule has 5 rings (SSSR count). The molecule has 0 aliphatic heterocycles. The predicted molar refractivity (Wildman–Crippen MR) is 193 cm³/mol. The van der Waals surface area contributed by atoms with Crippen molar-refractivity contribution >= 4 is 107 Å². The number of benzene rings is 4. The van der Waals surface area contributed by atoms with Crippen LogP contribution in [-0.2, 0) is 28.6 Å². The maximum absolute atomic E-state index is 12.1. The molecule has 1 aromatic heterocycles. The van der Waals surface area contributed by atoms with E-state index in [1.165, 1.54) is 43.1 Å². The van der Waals surface area contributed by atoms with Crippen molar-refractivity contribution in [2.75, 3.05) is 42.5 Å². The fourth-order valence-electron chi connectivity index (χ4n) is 4.49. The summed E-state index contributed by atoms with van der Waals surface area (Å²) < 4.78 is 77.3. The summed E-state index contributed by atoms with van der Waals surface area (Å²) in [5.74, 6) is 0.439. The lowest BCUT2D eigenvalue weighted by Gasteiger charge is -2.13. The van der Waals surface area contributed by atoms with Gasteiger partial charge in [-0.05, 0) is 60.1 Å². The first-order valence-corrected chi connectivity index (χ1v) is 19.0. The van der Waals surface area contributed by atoms with Crippen LogP contribution in [0.5, 0.6) is 0 Å². The number of azo groups is 1. The molecule has 1 heterocycles. The summed E-state index contributed by atoms with van der Waals surface area (Å²) in [5, 5.41) is 18.1. The number of anilines is 5. The van der Waals surface area contributed by atoms with Gasteiger partial charge in [0.25, 0.3) is 20.2 Å². The van der Waals surface area contributed by atoms with Gasteiger partial charge in [-0.3, -0.25) is 17.5 Å². The topological polar surface area (TPSA) is 227 Å². The van der Waals surface area contributed by atoms with Gasteiger partial charge in [0.2, 0.25) is 17.2 Å². The van der Waals surface area contributed by atoms with Crippen molar-refractivity contribution in [2.45, 2.75) is 14.7 Å². The van der Waals surface area contributed by atoms with E-state index in [-0.39, 0.29) is 27.8 Å². The van der Waals surface area contributed by atoms with Gasteiger partial charge < -0.3 is 16.0 Å². The van der Waals surface area contributed by atoms with Gasteiger partial charge in [0.15, 0.2) is 12.3 Å². The van der Waals surface area contributed by atoms with Crippen LogP contribution in [0.25, 0.3) is 10.8 Å². The van der Waals surface area contributed by atoms with Crippen molar-refractivity contribution in [3.05, 3.63) is 78.1 Å². The number of fused-ring (bicyclic) bond motifs is 1. The summed E-state index contributed by atoms with van der Waals surface area (Å²) >= 11 is 8.41. The second-order valence-electron chi connectivity index (χ2n) is 9.83. The highest BCUT2D eigenvalue weighted by atomic mass is 35.5. The molecule has 0 saturated heterocycles. The fourth-order valence-corrected chi connectivity index (χ4v) is 7.09. The van der Waals surface area contributed by atoms with Crippen molar-refractivity contribution in [3.8, 4) is 0 Å². The first-order valence-electron chi connectivity index (χ1n) is 14.1. The van der Waals surface area contributed by atoms with Gasteiger partial charge in [-0.25, -0.2) is 0 Å². The number of thioether (sulfide) groups is 1. The molecule has 0 fully saturated rings. The molecule has 0 unspecified atom stereocenters. The Bertz CT molecular complexity index is 2280. The molecule has 0 bridgehead atoms. The predicted octanol–water partition coefficient (Wildman–Crippen LogP) is 7.43. The highest BCUT2D eigenvalue weighted by Gasteiger charge is 2.19. The zero-order valence-electron chi connectivity index (χ0n) is 25.9. The number of hydrogen-bond acceptors (Lipinski definition) is 16. The minimum absolute atomic E-state index is 0.00508. The molecule has 5 aromatic rings. The van der Waals surface area contributed by atoms with E-state index >= 15 is 0 Å². The van der Waals surface area contributed by atoms with Crippen LogP contribution in [0.15, 0.2) is 97.7 Å². The van der Waals surface area contributed by atoms with Crippen LogP contribution in [-0.4, -0.2) is 67.4 Å². The Kier molecular flexibility index (Phi) is 12.1.